The molecule has 0 unspecified atom stereocenters. The zero-order valence-electron chi connectivity index (χ0n) is 10.9. The van der Waals surface area contributed by atoms with Crippen LogP contribution in [0.1, 0.15) is 16.7 Å². The standard InChI is InChI=1S/C15H15BO2/c1-10-5-4-6-13(8-10)16-17-14-9-11(2)7-12(3)15(14)18-16/h4-9H,1-3H3. The molecule has 0 radical (unpaired) electrons. The highest BCUT2D eigenvalue weighted by Gasteiger charge is 2.35. The van der Waals surface area contributed by atoms with Crippen molar-refractivity contribution in [1.82, 2.24) is 0 Å². The van der Waals surface area contributed by atoms with Crippen molar-refractivity contribution in [2.24, 2.45) is 0 Å². The summed E-state index contributed by atoms with van der Waals surface area (Å²) in [6, 6.07) is 12.4. The normalized spacial score (nSPS) is 12.9. The second kappa shape index (κ2) is 4.09. The molecule has 18 heavy (non-hydrogen) atoms. The molecule has 2 aromatic rings. The molecule has 0 saturated heterocycles. The van der Waals surface area contributed by atoms with Gasteiger partial charge in [0.15, 0.2) is 0 Å². The Bertz CT molecular complexity index is 607. The molecule has 3 rings (SSSR count). The van der Waals surface area contributed by atoms with Gasteiger partial charge in [-0.05, 0) is 38.0 Å². The zero-order chi connectivity index (χ0) is 12.7. The maximum atomic E-state index is 5.91. The summed E-state index contributed by atoms with van der Waals surface area (Å²) in [7, 11) is -0.319. The maximum Gasteiger partial charge on any atom is 0.632 e. The van der Waals surface area contributed by atoms with Crippen LogP contribution in [-0.2, 0) is 0 Å². The molecule has 2 nitrogen and oxygen atoms in total. The second-order valence-corrected chi connectivity index (χ2v) is 4.89. The summed E-state index contributed by atoms with van der Waals surface area (Å²) in [6.45, 7) is 6.19. The van der Waals surface area contributed by atoms with Crippen molar-refractivity contribution in [2.75, 3.05) is 0 Å². The Kier molecular flexibility index (Phi) is 2.55. The Morgan fingerprint density at radius 3 is 2.50 bits per heavy atom. The number of benzene rings is 2. The Balaban J connectivity index is 1.96. The third-order valence-corrected chi connectivity index (χ3v) is 3.16. The topological polar surface area (TPSA) is 18.5 Å². The van der Waals surface area contributed by atoms with Crippen LogP contribution in [0.2, 0.25) is 0 Å². The average Bonchev–Trinajstić information content (AvgIpc) is 2.73. The fourth-order valence-electron chi connectivity index (χ4n) is 2.35. The van der Waals surface area contributed by atoms with Crippen molar-refractivity contribution in [3.8, 4) is 11.5 Å². The van der Waals surface area contributed by atoms with Crippen LogP contribution in [0.3, 0.4) is 0 Å². The van der Waals surface area contributed by atoms with Gasteiger partial charge in [0.2, 0.25) is 0 Å². The fraction of sp³-hybridized carbons (Fsp3) is 0.200. The molecule has 0 aliphatic carbocycles. The summed E-state index contributed by atoms with van der Waals surface area (Å²) < 4.78 is 11.8. The summed E-state index contributed by atoms with van der Waals surface area (Å²) in [6.07, 6.45) is 0. The van der Waals surface area contributed by atoms with E-state index in [1.807, 2.05) is 25.1 Å². The van der Waals surface area contributed by atoms with Crippen LogP contribution in [-0.4, -0.2) is 7.12 Å². The number of fused-ring (bicyclic) bond motifs is 1. The minimum atomic E-state index is -0.319. The number of aryl methyl sites for hydroxylation is 3. The van der Waals surface area contributed by atoms with E-state index >= 15 is 0 Å². The molecule has 1 heterocycles. The molecular weight excluding hydrogens is 223 g/mol. The summed E-state index contributed by atoms with van der Waals surface area (Å²) in [5.41, 5.74) is 4.59. The highest BCUT2D eigenvalue weighted by Crippen LogP contribution is 2.37. The first-order valence-corrected chi connectivity index (χ1v) is 6.14. The van der Waals surface area contributed by atoms with Crippen LogP contribution in [0.5, 0.6) is 11.5 Å². The summed E-state index contributed by atoms with van der Waals surface area (Å²) in [5, 5.41) is 0. The van der Waals surface area contributed by atoms with Crippen LogP contribution >= 0.6 is 0 Å². The van der Waals surface area contributed by atoms with Crippen molar-refractivity contribution in [1.29, 1.82) is 0 Å². The monoisotopic (exact) mass is 238 g/mol. The molecule has 0 spiro atoms. The maximum absolute atomic E-state index is 5.91. The molecule has 0 amide bonds. The quantitative estimate of drug-likeness (QED) is 0.711. The van der Waals surface area contributed by atoms with E-state index in [1.165, 1.54) is 11.1 Å². The Morgan fingerprint density at radius 2 is 1.72 bits per heavy atom. The van der Waals surface area contributed by atoms with Crippen LogP contribution in [0.4, 0.5) is 0 Å². The van der Waals surface area contributed by atoms with Gasteiger partial charge in [0, 0.05) is 5.46 Å². The molecule has 1 aliphatic heterocycles. The molecule has 0 fully saturated rings. The Morgan fingerprint density at radius 1 is 0.889 bits per heavy atom. The molecular formula is C15H15BO2. The lowest BCUT2D eigenvalue weighted by molar-refractivity contribution is 0.517. The average molecular weight is 238 g/mol. The summed E-state index contributed by atoms with van der Waals surface area (Å²) in [5.74, 6) is 1.71. The van der Waals surface area contributed by atoms with Gasteiger partial charge in [0.05, 0.1) is 0 Å². The van der Waals surface area contributed by atoms with E-state index in [4.69, 9.17) is 9.31 Å². The first-order valence-electron chi connectivity index (χ1n) is 6.14. The number of rotatable bonds is 1. The van der Waals surface area contributed by atoms with E-state index < -0.39 is 0 Å². The number of hydrogen-bond acceptors (Lipinski definition) is 2. The van der Waals surface area contributed by atoms with Crippen LogP contribution in [0, 0.1) is 20.8 Å². The van der Waals surface area contributed by atoms with Gasteiger partial charge >= 0.3 is 7.12 Å². The van der Waals surface area contributed by atoms with Gasteiger partial charge in [0.25, 0.3) is 0 Å². The SMILES string of the molecule is Cc1cccc(B2Oc3cc(C)cc(C)c3O2)c1. The molecule has 0 bridgehead atoms. The van der Waals surface area contributed by atoms with E-state index in [2.05, 4.69) is 32.0 Å². The van der Waals surface area contributed by atoms with E-state index in [9.17, 15) is 0 Å². The molecule has 90 valence electrons. The molecule has 0 aromatic heterocycles. The lowest BCUT2D eigenvalue weighted by Crippen LogP contribution is -2.39. The summed E-state index contributed by atoms with van der Waals surface area (Å²) >= 11 is 0. The zero-order valence-corrected chi connectivity index (χ0v) is 10.9. The van der Waals surface area contributed by atoms with E-state index in [0.717, 1.165) is 22.5 Å². The van der Waals surface area contributed by atoms with E-state index in [0.29, 0.717) is 0 Å². The molecule has 0 N–H and O–H groups in total. The van der Waals surface area contributed by atoms with Gasteiger partial charge < -0.3 is 9.31 Å². The first-order chi connectivity index (χ1) is 8.63. The predicted molar refractivity (Wildman–Crippen MR) is 73.7 cm³/mol. The highest BCUT2D eigenvalue weighted by atomic mass is 16.6. The van der Waals surface area contributed by atoms with Crippen LogP contribution in [0.25, 0.3) is 0 Å². The first kappa shape index (κ1) is 11.2. The third-order valence-electron chi connectivity index (χ3n) is 3.16. The largest absolute Gasteiger partial charge is 0.632 e. The van der Waals surface area contributed by atoms with Gasteiger partial charge in [-0.15, -0.1) is 0 Å². The third kappa shape index (κ3) is 1.86. The predicted octanol–water partition coefficient (Wildman–Crippen LogP) is 2.78. The summed E-state index contributed by atoms with van der Waals surface area (Å²) in [4.78, 5) is 0. The minimum absolute atomic E-state index is 0.319. The van der Waals surface area contributed by atoms with Gasteiger partial charge in [-0.2, -0.15) is 0 Å². The Hall–Kier alpha value is -1.90. The molecule has 2 aromatic carbocycles. The van der Waals surface area contributed by atoms with Crippen molar-refractivity contribution < 1.29 is 9.31 Å². The highest BCUT2D eigenvalue weighted by molar-refractivity contribution is 6.63. The number of hydrogen-bond donors (Lipinski definition) is 0. The van der Waals surface area contributed by atoms with Crippen LogP contribution < -0.4 is 14.8 Å². The fourth-order valence-corrected chi connectivity index (χ4v) is 2.35. The van der Waals surface area contributed by atoms with Gasteiger partial charge in [-0.1, -0.05) is 35.9 Å². The van der Waals surface area contributed by atoms with Crippen LogP contribution in [0.15, 0.2) is 36.4 Å². The molecule has 3 heteroatoms. The van der Waals surface area contributed by atoms with Crippen molar-refractivity contribution in [2.45, 2.75) is 20.8 Å². The smallest absolute Gasteiger partial charge is 0.519 e. The van der Waals surface area contributed by atoms with Crippen molar-refractivity contribution in [3.63, 3.8) is 0 Å². The van der Waals surface area contributed by atoms with Gasteiger partial charge in [0.1, 0.15) is 11.5 Å². The Labute approximate surface area is 108 Å². The molecule has 0 saturated carbocycles. The van der Waals surface area contributed by atoms with Gasteiger partial charge in [-0.25, -0.2) is 0 Å². The lowest BCUT2D eigenvalue weighted by Gasteiger charge is -2.05. The van der Waals surface area contributed by atoms with Gasteiger partial charge in [-0.3, -0.25) is 0 Å². The molecule has 1 aliphatic rings. The van der Waals surface area contributed by atoms with Crippen molar-refractivity contribution >= 4 is 12.6 Å². The van der Waals surface area contributed by atoms with E-state index in [-0.39, 0.29) is 7.12 Å². The second-order valence-electron chi connectivity index (χ2n) is 4.89. The lowest BCUT2D eigenvalue weighted by atomic mass is 9.79. The minimum Gasteiger partial charge on any atom is -0.519 e. The van der Waals surface area contributed by atoms with Crippen molar-refractivity contribution in [3.05, 3.63) is 53.1 Å². The molecule has 0 atom stereocenters. The van der Waals surface area contributed by atoms with E-state index in [1.54, 1.807) is 0 Å².